The van der Waals surface area contributed by atoms with E-state index in [1.54, 1.807) is 37.3 Å². The molecular formula is C22H26FNO3. The summed E-state index contributed by atoms with van der Waals surface area (Å²) in [6.07, 6.45) is 1.88. The summed E-state index contributed by atoms with van der Waals surface area (Å²) >= 11 is 0. The van der Waals surface area contributed by atoms with Crippen LogP contribution in [0.25, 0.3) is 0 Å². The van der Waals surface area contributed by atoms with Crippen molar-refractivity contribution < 1.29 is 19.0 Å². The van der Waals surface area contributed by atoms with Crippen LogP contribution in [-0.2, 0) is 22.5 Å². The minimum atomic E-state index is -0.743. The van der Waals surface area contributed by atoms with Crippen molar-refractivity contribution >= 4 is 5.97 Å². The molecule has 1 saturated heterocycles. The van der Waals surface area contributed by atoms with Gasteiger partial charge in [0.25, 0.3) is 0 Å². The predicted molar refractivity (Wildman–Crippen MR) is 102 cm³/mol. The molecule has 0 radical (unpaired) electrons. The highest BCUT2D eigenvalue weighted by atomic mass is 19.1. The van der Waals surface area contributed by atoms with Gasteiger partial charge in [0.15, 0.2) is 0 Å². The van der Waals surface area contributed by atoms with Gasteiger partial charge in [-0.3, -0.25) is 9.69 Å². The Kier molecular flexibility index (Phi) is 6.11. The van der Waals surface area contributed by atoms with Crippen molar-refractivity contribution in [2.45, 2.75) is 32.7 Å². The van der Waals surface area contributed by atoms with E-state index < -0.39 is 5.41 Å². The number of hydrogen-bond acceptors (Lipinski definition) is 4. The van der Waals surface area contributed by atoms with E-state index in [1.807, 2.05) is 12.1 Å². The molecule has 5 heteroatoms. The summed E-state index contributed by atoms with van der Waals surface area (Å²) in [6.45, 7) is 4.20. The van der Waals surface area contributed by atoms with Crippen LogP contribution in [0.4, 0.5) is 4.39 Å². The lowest BCUT2D eigenvalue weighted by Gasteiger charge is -2.41. The maximum absolute atomic E-state index is 14.3. The van der Waals surface area contributed by atoms with E-state index in [4.69, 9.17) is 4.74 Å². The minimum Gasteiger partial charge on any atom is -0.508 e. The number of esters is 1. The summed E-state index contributed by atoms with van der Waals surface area (Å²) in [5, 5.41) is 9.46. The summed E-state index contributed by atoms with van der Waals surface area (Å²) in [7, 11) is 0. The average Bonchev–Trinajstić information content (AvgIpc) is 2.66. The van der Waals surface area contributed by atoms with Crippen LogP contribution in [0.15, 0.2) is 48.5 Å². The number of benzene rings is 2. The van der Waals surface area contributed by atoms with Crippen LogP contribution in [0.2, 0.25) is 0 Å². The first-order valence-corrected chi connectivity index (χ1v) is 9.43. The zero-order chi connectivity index (χ0) is 19.3. The number of rotatable bonds is 6. The molecule has 1 heterocycles. The highest BCUT2D eigenvalue weighted by Gasteiger charge is 2.44. The molecule has 3 rings (SSSR count). The number of ether oxygens (including phenoxy) is 1. The van der Waals surface area contributed by atoms with Crippen LogP contribution in [-0.4, -0.2) is 35.7 Å². The van der Waals surface area contributed by atoms with E-state index in [0.29, 0.717) is 38.1 Å². The SMILES string of the molecule is CCOC(=O)C1(Cc2ccccc2F)CCCN(Cc2ccc(O)cc2)C1. The minimum absolute atomic E-state index is 0.234. The molecule has 1 aliphatic heterocycles. The first-order chi connectivity index (χ1) is 13.0. The Morgan fingerprint density at radius 1 is 1.22 bits per heavy atom. The molecule has 1 aliphatic rings. The summed E-state index contributed by atoms with van der Waals surface area (Å²) in [6, 6.07) is 13.7. The van der Waals surface area contributed by atoms with Gasteiger partial charge in [0, 0.05) is 13.1 Å². The second kappa shape index (κ2) is 8.53. The molecule has 0 aliphatic carbocycles. The summed E-state index contributed by atoms with van der Waals surface area (Å²) < 4.78 is 19.6. The lowest BCUT2D eigenvalue weighted by atomic mass is 9.75. The fourth-order valence-corrected chi connectivity index (χ4v) is 3.90. The number of phenols is 1. The van der Waals surface area contributed by atoms with Gasteiger partial charge in [-0.05, 0) is 62.1 Å². The van der Waals surface area contributed by atoms with Crippen molar-refractivity contribution in [1.29, 1.82) is 0 Å². The van der Waals surface area contributed by atoms with Crippen LogP contribution in [0.5, 0.6) is 5.75 Å². The largest absolute Gasteiger partial charge is 0.508 e. The van der Waals surface area contributed by atoms with E-state index in [1.165, 1.54) is 6.07 Å². The molecule has 1 unspecified atom stereocenters. The summed E-state index contributed by atoms with van der Waals surface area (Å²) in [4.78, 5) is 15.1. The normalized spacial score (nSPS) is 20.4. The van der Waals surface area contributed by atoms with E-state index in [9.17, 15) is 14.3 Å². The van der Waals surface area contributed by atoms with E-state index in [-0.39, 0.29) is 17.5 Å². The Bertz CT molecular complexity index is 777. The summed E-state index contributed by atoms with van der Waals surface area (Å²) in [5.41, 5.74) is 0.878. The molecule has 0 saturated carbocycles. The predicted octanol–water partition coefficient (Wildman–Crippen LogP) is 3.92. The van der Waals surface area contributed by atoms with Gasteiger partial charge in [-0.15, -0.1) is 0 Å². The Morgan fingerprint density at radius 3 is 2.67 bits per heavy atom. The first kappa shape index (κ1) is 19.4. The number of phenolic OH excluding ortho intramolecular Hbond substituents is 1. The average molecular weight is 371 g/mol. The lowest BCUT2D eigenvalue weighted by molar-refractivity contribution is -0.159. The lowest BCUT2D eigenvalue weighted by Crippen LogP contribution is -2.49. The number of likely N-dealkylation sites (tertiary alicyclic amines) is 1. The number of piperidine rings is 1. The standard InChI is InChI=1S/C22H26FNO3/c1-2-27-21(26)22(14-18-6-3-4-7-20(18)23)12-5-13-24(16-22)15-17-8-10-19(25)11-9-17/h3-4,6-11,25H,2,5,12-16H2,1H3. The highest BCUT2D eigenvalue weighted by molar-refractivity contribution is 5.77. The molecule has 1 N–H and O–H groups in total. The van der Waals surface area contributed by atoms with Crippen molar-refractivity contribution in [2.75, 3.05) is 19.7 Å². The molecule has 2 aromatic rings. The topological polar surface area (TPSA) is 49.8 Å². The van der Waals surface area contributed by atoms with Gasteiger partial charge in [0.2, 0.25) is 0 Å². The Morgan fingerprint density at radius 2 is 1.96 bits per heavy atom. The van der Waals surface area contributed by atoms with Gasteiger partial charge in [-0.1, -0.05) is 30.3 Å². The number of nitrogens with zero attached hydrogens (tertiary/aromatic N) is 1. The van der Waals surface area contributed by atoms with Gasteiger partial charge >= 0.3 is 5.97 Å². The first-order valence-electron chi connectivity index (χ1n) is 9.43. The maximum Gasteiger partial charge on any atom is 0.313 e. The van der Waals surface area contributed by atoms with Crippen molar-refractivity contribution in [2.24, 2.45) is 5.41 Å². The molecule has 27 heavy (non-hydrogen) atoms. The Labute approximate surface area is 159 Å². The van der Waals surface area contributed by atoms with E-state index in [0.717, 1.165) is 18.5 Å². The van der Waals surface area contributed by atoms with Crippen molar-refractivity contribution in [1.82, 2.24) is 4.90 Å². The van der Waals surface area contributed by atoms with Crippen LogP contribution in [0.3, 0.4) is 0 Å². The molecule has 4 nitrogen and oxygen atoms in total. The monoisotopic (exact) mass is 371 g/mol. The number of carbonyl (C=O) groups excluding carboxylic acids is 1. The third kappa shape index (κ3) is 4.66. The zero-order valence-electron chi connectivity index (χ0n) is 15.7. The smallest absolute Gasteiger partial charge is 0.313 e. The van der Waals surface area contributed by atoms with Gasteiger partial charge in [-0.2, -0.15) is 0 Å². The summed E-state index contributed by atoms with van der Waals surface area (Å²) in [5.74, 6) is -0.293. The quantitative estimate of drug-likeness (QED) is 0.782. The third-order valence-electron chi connectivity index (χ3n) is 5.19. The number of hydrogen-bond donors (Lipinski definition) is 1. The third-order valence-corrected chi connectivity index (χ3v) is 5.19. The van der Waals surface area contributed by atoms with Crippen molar-refractivity contribution in [3.05, 3.63) is 65.5 Å². The Hall–Kier alpha value is -2.40. The molecule has 1 fully saturated rings. The molecule has 0 bridgehead atoms. The Balaban J connectivity index is 1.82. The molecule has 2 aromatic carbocycles. The van der Waals surface area contributed by atoms with Crippen LogP contribution in [0.1, 0.15) is 30.9 Å². The zero-order valence-corrected chi connectivity index (χ0v) is 15.7. The fourth-order valence-electron chi connectivity index (χ4n) is 3.90. The number of halogens is 1. The van der Waals surface area contributed by atoms with E-state index >= 15 is 0 Å². The molecule has 144 valence electrons. The molecule has 1 atom stereocenters. The second-order valence-corrected chi connectivity index (χ2v) is 7.25. The molecule has 0 aromatic heterocycles. The van der Waals surface area contributed by atoms with Crippen LogP contribution in [0, 0.1) is 11.2 Å². The van der Waals surface area contributed by atoms with Crippen LogP contribution >= 0.6 is 0 Å². The molecule has 0 amide bonds. The second-order valence-electron chi connectivity index (χ2n) is 7.25. The van der Waals surface area contributed by atoms with Crippen molar-refractivity contribution in [3.63, 3.8) is 0 Å². The van der Waals surface area contributed by atoms with Crippen LogP contribution < -0.4 is 0 Å². The fraction of sp³-hybridized carbons (Fsp3) is 0.409. The van der Waals surface area contributed by atoms with E-state index in [2.05, 4.69) is 4.90 Å². The number of carbonyl (C=O) groups is 1. The van der Waals surface area contributed by atoms with Gasteiger partial charge < -0.3 is 9.84 Å². The number of aromatic hydroxyl groups is 1. The molecular weight excluding hydrogens is 345 g/mol. The molecule has 0 spiro atoms. The highest BCUT2D eigenvalue weighted by Crippen LogP contribution is 2.36. The van der Waals surface area contributed by atoms with Crippen molar-refractivity contribution in [3.8, 4) is 5.75 Å². The maximum atomic E-state index is 14.3. The van der Waals surface area contributed by atoms with Gasteiger partial charge in [0.1, 0.15) is 11.6 Å². The van der Waals surface area contributed by atoms with Gasteiger partial charge in [-0.25, -0.2) is 4.39 Å². The van der Waals surface area contributed by atoms with Gasteiger partial charge in [0.05, 0.1) is 12.0 Å².